The number of nitrogens with zero attached hydrogens (tertiary/aromatic N) is 2. The van der Waals surface area contributed by atoms with E-state index in [9.17, 15) is 0 Å². The van der Waals surface area contributed by atoms with Crippen LogP contribution >= 0.6 is 27.5 Å². The van der Waals surface area contributed by atoms with Crippen molar-refractivity contribution in [3.05, 3.63) is 39.0 Å². The highest BCUT2D eigenvalue weighted by molar-refractivity contribution is 9.10. The number of rotatable bonds is 3. The molecule has 0 aliphatic heterocycles. The van der Waals surface area contributed by atoms with Crippen LogP contribution in [-0.4, -0.2) is 9.78 Å². The molecule has 2 aromatic rings. The van der Waals surface area contributed by atoms with E-state index in [4.69, 9.17) is 22.1 Å². The average molecular weight is 331 g/mol. The van der Waals surface area contributed by atoms with E-state index in [1.165, 1.54) is 0 Å². The van der Waals surface area contributed by atoms with Gasteiger partial charge in [0.2, 0.25) is 5.88 Å². The summed E-state index contributed by atoms with van der Waals surface area (Å²) in [5.74, 6) is 1.19. The number of halogens is 2. The molecule has 0 aliphatic carbocycles. The molecule has 0 saturated carbocycles. The molecule has 4 nitrogen and oxygen atoms in total. The number of hydrogen-bond acceptors (Lipinski definition) is 3. The smallest absolute Gasteiger partial charge is 0.222 e. The second-order valence-electron chi connectivity index (χ2n) is 3.87. The first-order valence-corrected chi connectivity index (χ1v) is 6.55. The highest BCUT2D eigenvalue weighted by Crippen LogP contribution is 2.33. The van der Waals surface area contributed by atoms with Crippen LogP contribution < -0.4 is 10.5 Å². The minimum atomic E-state index is 0.376. The molecule has 96 valence electrons. The largest absolute Gasteiger partial charge is 0.437 e. The normalized spacial score (nSPS) is 10.7. The first kappa shape index (κ1) is 13.4. The molecule has 0 fully saturated rings. The summed E-state index contributed by atoms with van der Waals surface area (Å²) in [6, 6.07) is 5.44. The van der Waals surface area contributed by atoms with Gasteiger partial charge in [0.15, 0.2) is 0 Å². The molecular formula is C12H13BrClN3O. The summed E-state index contributed by atoms with van der Waals surface area (Å²) in [5.41, 5.74) is 7.46. The van der Waals surface area contributed by atoms with E-state index in [0.29, 0.717) is 23.2 Å². The van der Waals surface area contributed by atoms with Gasteiger partial charge in [-0.25, -0.2) is 4.68 Å². The van der Waals surface area contributed by atoms with Crippen molar-refractivity contribution >= 4 is 27.5 Å². The number of nitrogens with two attached hydrogens (primary N) is 1. The molecule has 2 rings (SSSR count). The molecule has 0 unspecified atom stereocenters. The zero-order valence-electron chi connectivity index (χ0n) is 10.1. The molecule has 0 saturated heterocycles. The quantitative estimate of drug-likeness (QED) is 0.938. The highest BCUT2D eigenvalue weighted by atomic mass is 79.9. The minimum Gasteiger partial charge on any atom is -0.437 e. The van der Waals surface area contributed by atoms with Crippen LogP contribution in [0.4, 0.5) is 0 Å². The van der Waals surface area contributed by atoms with Gasteiger partial charge in [0.05, 0.1) is 16.3 Å². The molecular weight excluding hydrogens is 318 g/mol. The lowest BCUT2D eigenvalue weighted by molar-refractivity contribution is 0.426. The maximum atomic E-state index is 6.09. The number of hydrogen-bond donors (Lipinski definition) is 1. The van der Waals surface area contributed by atoms with E-state index in [-0.39, 0.29) is 0 Å². The molecule has 18 heavy (non-hydrogen) atoms. The lowest BCUT2D eigenvalue weighted by atomic mass is 10.2. The lowest BCUT2D eigenvalue weighted by Crippen LogP contribution is -2.01. The first-order valence-electron chi connectivity index (χ1n) is 5.38. The van der Waals surface area contributed by atoms with E-state index in [0.717, 1.165) is 15.7 Å². The van der Waals surface area contributed by atoms with Gasteiger partial charge in [-0.2, -0.15) is 5.10 Å². The minimum absolute atomic E-state index is 0.376. The van der Waals surface area contributed by atoms with Crippen molar-refractivity contribution in [2.24, 2.45) is 12.8 Å². The molecule has 0 bridgehead atoms. The monoisotopic (exact) mass is 329 g/mol. The third-order valence-corrected chi connectivity index (χ3v) is 3.40. The van der Waals surface area contributed by atoms with Crippen molar-refractivity contribution in [3.8, 4) is 11.6 Å². The SMILES string of the molecule is Cc1nn(C)c(Oc2cc(Br)ccc2Cl)c1CN. The second kappa shape index (κ2) is 5.30. The summed E-state index contributed by atoms with van der Waals surface area (Å²) < 4.78 is 8.38. The summed E-state index contributed by atoms with van der Waals surface area (Å²) in [6.07, 6.45) is 0. The van der Waals surface area contributed by atoms with Crippen LogP contribution in [0.2, 0.25) is 5.02 Å². The summed E-state index contributed by atoms with van der Waals surface area (Å²) in [4.78, 5) is 0. The van der Waals surface area contributed by atoms with Gasteiger partial charge in [0, 0.05) is 18.1 Å². The van der Waals surface area contributed by atoms with Gasteiger partial charge in [-0.3, -0.25) is 0 Å². The van der Waals surface area contributed by atoms with Crippen molar-refractivity contribution in [1.29, 1.82) is 0 Å². The van der Waals surface area contributed by atoms with E-state index in [1.807, 2.05) is 26.1 Å². The Bertz CT molecular complexity index is 583. The highest BCUT2D eigenvalue weighted by Gasteiger charge is 2.15. The zero-order chi connectivity index (χ0) is 13.3. The Morgan fingerprint density at radius 3 is 2.89 bits per heavy atom. The van der Waals surface area contributed by atoms with Crippen molar-refractivity contribution in [1.82, 2.24) is 9.78 Å². The molecule has 1 aromatic carbocycles. The van der Waals surface area contributed by atoms with Crippen LogP contribution in [0.1, 0.15) is 11.3 Å². The topological polar surface area (TPSA) is 53.1 Å². The summed E-state index contributed by atoms with van der Waals surface area (Å²) in [7, 11) is 1.81. The molecule has 0 radical (unpaired) electrons. The summed E-state index contributed by atoms with van der Waals surface area (Å²) in [5, 5.41) is 4.83. The van der Waals surface area contributed by atoms with Gasteiger partial charge in [-0.05, 0) is 25.1 Å². The molecule has 1 aromatic heterocycles. The predicted octanol–water partition coefficient (Wildman–Crippen LogP) is 3.40. The van der Waals surface area contributed by atoms with Crippen molar-refractivity contribution < 1.29 is 4.74 Å². The average Bonchev–Trinajstić information content (AvgIpc) is 2.58. The summed E-state index contributed by atoms with van der Waals surface area (Å²) >= 11 is 9.48. The standard InChI is InChI=1S/C12H13BrClN3O/c1-7-9(6-15)12(17(2)16-7)18-11-5-8(13)3-4-10(11)14/h3-5H,6,15H2,1-2H3. The van der Waals surface area contributed by atoms with Crippen LogP contribution in [0.3, 0.4) is 0 Å². The van der Waals surface area contributed by atoms with Crippen LogP contribution in [0.5, 0.6) is 11.6 Å². The molecule has 0 amide bonds. The second-order valence-corrected chi connectivity index (χ2v) is 5.20. The van der Waals surface area contributed by atoms with Gasteiger partial charge >= 0.3 is 0 Å². The number of aryl methyl sites for hydroxylation is 2. The Morgan fingerprint density at radius 2 is 2.22 bits per heavy atom. The van der Waals surface area contributed by atoms with Crippen LogP contribution in [-0.2, 0) is 13.6 Å². The Labute approximate surface area is 119 Å². The molecule has 1 heterocycles. The van der Waals surface area contributed by atoms with Gasteiger partial charge in [0.1, 0.15) is 5.75 Å². The van der Waals surface area contributed by atoms with Gasteiger partial charge < -0.3 is 10.5 Å². The number of benzene rings is 1. The van der Waals surface area contributed by atoms with Crippen molar-refractivity contribution in [2.75, 3.05) is 0 Å². The first-order chi connectivity index (χ1) is 8.52. The maximum Gasteiger partial charge on any atom is 0.222 e. The molecule has 6 heteroatoms. The Morgan fingerprint density at radius 1 is 1.50 bits per heavy atom. The number of ether oxygens (including phenoxy) is 1. The lowest BCUT2D eigenvalue weighted by Gasteiger charge is -2.09. The fourth-order valence-electron chi connectivity index (χ4n) is 1.70. The summed E-state index contributed by atoms with van der Waals surface area (Å²) in [6.45, 7) is 2.28. The Balaban J connectivity index is 2.42. The molecule has 0 atom stereocenters. The molecule has 0 spiro atoms. The van der Waals surface area contributed by atoms with Crippen molar-refractivity contribution in [2.45, 2.75) is 13.5 Å². The van der Waals surface area contributed by atoms with Crippen LogP contribution in [0, 0.1) is 6.92 Å². The maximum absolute atomic E-state index is 6.09. The van der Waals surface area contributed by atoms with Crippen molar-refractivity contribution in [3.63, 3.8) is 0 Å². The molecule has 0 aliphatic rings. The van der Waals surface area contributed by atoms with E-state index < -0.39 is 0 Å². The van der Waals surface area contributed by atoms with E-state index in [2.05, 4.69) is 21.0 Å². The zero-order valence-corrected chi connectivity index (χ0v) is 12.4. The fraction of sp³-hybridized carbons (Fsp3) is 0.250. The predicted molar refractivity (Wildman–Crippen MR) is 75.1 cm³/mol. The van der Waals surface area contributed by atoms with Crippen LogP contribution in [0.15, 0.2) is 22.7 Å². The Hall–Kier alpha value is -1.04. The number of aromatic nitrogens is 2. The van der Waals surface area contributed by atoms with Gasteiger partial charge in [-0.1, -0.05) is 27.5 Å². The van der Waals surface area contributed by atoms with Gasteiger partial charge in [0.25, 0.3) is 0 Å². The third kappa shape index (κ3) is 2.53. The van der Waals surface area contributed by atoms with E-state index in [1.54, 1.807) is 10.7 Å². The Kier molecular flexibility index (Phi) is 3.94. The van der Waals surface area contributed by atoms with Crippen LogP contribution in [0.25, 0.3) is 0 Å². The molecule has 2 N–H and O–H groups in total. The third-order valence-electron chi connectivity index (χ3n) is 2.59. The van der Waals surface area contributed by atoms with Gasteiger partial charge in [-0.15, -0.1) is 0 Å². The van der Waals surface area contributed by atoms with E-state index >= 15 is 0 Å². The fourth-order valence-corrected chi connectivity index (χ4v) is 2.20.